The van der Waals surface area contributed by atoms with Gasteiger partial charge in [0, 0.05) is 18.8 Å². The van der Waals surface area contributed by atoms with E-state index in [9.17, 15) is 0 Å². The molecular formula is C48H36N2. The van der Waals surface area contributed by atoms with Crippen molar-refractivity contribution in [3.63, 3.8) is 0 Å². The van der Waals surface area contributed by atoms with E-state index in [1.807, 2.05) is 31.4 Å². The Hall–Kier alpha value is -6.51. The standard InChI is InChI=1S/C48H36N2/c1-49-48(38-22-12-5-13-23-38)50-31-30-34-26-28-42-44(32-34)46(36-18-8-3-9-19-36)43-29-27-39(33-45(43)47(42)37-20-10-4-11-21-37)41-25-15-14-24-40(41)35-16-6-2-7-17-35/h2-33H,1H3,(H,49,50)/b31-30+. The van der Waals surface area contributed by atoms with E-state index in [1.54, 1.807) is 0 Å². The van der Waals surface area contributed by atoms with Crippen LogP contribution in [0.5, 0.6) is 0 Å². The molecule has 0 radical (unpaired) electrons. The van der Waals surface area contributed by atoms with E-state index >= 15 is 0 Å². The zero-order chi connectivity index (χ0) is 33.7. The summed E-state index contributed by atoms with van der Waals surface area (Å²) in [6.45, 7) is 0. The SMILES string of the molecule is CNC(=N/C=C/c1ccc2c(-c3ccccc3)c3cc(-c4ccccc4-c4ccccc4)ccc3c(-c3ccccc3)c2c1)c1ccccc1. The van der Waals surface area contributed by atoms with Crippen LogP contribution in [-0.2, 0) is 0 Å². The van der Waals surface area contributed by atoms with Gasteiger partial charge in [0.25, 0.3) is 0 Å². The summed E-state index contributed by atoms with van der Waals surface area (Å²) in [7, 11) is 1.91. The van der Waals surface area contributed by atoms with Crippen LogP contribution in [0.1, 0.15) is 11.1 Å². The van der Waals surface area contributed by atoms with E-state index < -0.39 is 0 Å². The number of fused-ring (bicyclic) bond motifs is 2. The van der Waals surface area contributed by atoms with Crippen molar-refractivity contribution in [2.45, 2.75) is 0 Å². The molecule has 0 aliphatic heterocycles. The average molecular weight is 641 g/mol. The fourth-order valence-corrected chi connectivity index (χ4v) is 7.03. The predicted octanol–water partition coefficient (Wildman–Crippen LogP) is 12.3. The van der Waals surface area contributed by atoms with Crippen molar-refractivity contribution < 1.29 is 0 Å². The minimum atomic E-state index is 0.828. The summed E-state index contributed by atoms with van der Waals surface area (Å²) in [5.41, 5.74) is 11.9. The van der Waals surface area contributed by atoms with E-state index in [1.165, 1.54) is 66.1 Å². The van der Waals surface area contributed by atoms with Crippen LogP contribution < -0.4 is 5.32 Å². The van der Waals surface area contributed by atoms with Crippen LogP contribution in [0, 0.1) is 0 Å². The molecule has 0 aliphatic carbocycles. The normalized spacial score (nSPS) is 11.7. The highest BCUT2D eigenvalue weighted by Crippen LogP contribution is 2.45. The third-order valence-electron chi connectivity index (χ3n) is 9.34. The first-order valence-corrected chi connectivity index (χ1v) is 17.0. The molecule has 0 saturated carbocycles. The van der Waals surface area contributed by atoms with Crippen LogP contribution in [0.2, 0.25) is 0 Å². The molecule has 0 atom stereocenters. The minimum absolute atomic E-state index is 0.828. The van der Waals surface area contributed by atoms with Crippen molar-refractivity contribution in [1.29, 1.82) is 0 Å². The van der Waals surface area contributed by atoms with Crippen LogP contribution in [0.25, 0.3) is 72.1 Å². The second kappa shape index (κ2) is 13.9. The van der Waals surface area contributed by atoms with E-state index in [-0.39, 0.29) is 0 Å². The Labute approximate surface area is 293 Å². The van der Waals surface area contributed by atoms with Crippen LogP contribution in [0.15, 0.2) is 193 Å². The molecule has 0 spiro atoms. The predicted molar refractivity (Wildman–Crippen MR) is 214 cm³/mol. The van der Waals surface area contributed by atoms with Crippen LogP contribution in [-0.4, -0.2) is 12.9 Å². The summed E-state index contributed by atoms with van der Waals surface area (Å²) in [5, 5.41) is 8.13. The topological polar surface area (TPSA) is 24.4 Å². The third kappa shape index (κ3) is 6.00. The Morgan fingerprint density at radius 3 is 1.50 bits per heavy atom. The van der Waals surface area contributed by atoms with E-state index in [2.05, 4.69) is 175 Å². The molecule has 0 unspecified atom stereocenters. The number of hydrogen-bond acceptors (Lipinski definition) is 1. The number of nitrogens with zero attached hydrogens (tertiary/aromatic N) is 1. The lowest BCUT2D eigenvalue weighted by Crippen LogP contribution is -2.18. The van der Waals surface area contributed by atoms with Crippen molar-refractivity contribution in [2.24, 2.45) is 4.99 Å². The molecule has 0 bridgehead atoms. The number of benzene rings is 8. The zero-order valence-electron chi connectivity index (χ0n) is 27.9. The summed E-state index contributed by atoms with van der Waals surface area (Å²) >= 11 is 0. The lowest BCUT2D eigenvalue weighted by Gasteiger charge is -2.20. The quantitative estimate of drug-likeness (QED) is 0.105. The van der Waals surface area contributed by atoms with Gasteiger partial charge in [-0.3, -0.25) is 0 Å². The summed E-state index contributed by atoms with van der Waals surface area (Å²) in [4.78, 5) is 4.78. The van der Waals surface area contributed by atoms with Gasteiger partial charge in [0.15, 0.2) is 0 Å². The highest BCUT2D eigenvalue weighted by atomic mass is 15.0. The van der Waals surface area contributed by atoms with Gasteiger partial charge in [-0.2, -0.15) is 0 Å². The van der Waals surface area contributed by atoms with Crippen molar-refractivity contribution in [2.75, 3.05) is 7.05 Å². The first-order chi connectivity index (χ1) is 24.8. The monoisotopic (exact) mass is 640 g/mol. The van der Waals surface area contributed by atoms with Crippen LogP contribution >= 0.6 is 0 Å². The van der Waals surface area contributed by atoms with Crippen LogP contribution in [0.3, 0.4) is 0 Å². The molecule has 8 aromatic carbocycles. The lowest BCUT2D eigenvalue weighted by molar-refractivity contribution is 1.16. The maximum Gasteiger partial charge on any atom is 0.132 e. The zero-order valence-corrected chi connectivity index (χ0v) is 27.9. The summed E-state index contributed by atoms with van der Waals surface area (Å²) in [5.74, 6) is 0.828. The summed E-state index contributed by atoms with van der Waals surface area (Å²) in [6.07, 6.45) is 3.97. The maximum absolute atomic E-state index is 4.78. The Bertz CT molecular complexity index is 2480. The molecule has 0 amide bonds. The van der Waals surface area contributed by atoms with Gasteiger partial charge < -0.3 is 5.32 Å². The number of aliphatic imine (C=N–C) groups is 1. The van der Waals surface area contributed by atoms with Crippen molar-refractivity contribution in [3.8, 4) is 44.5 Å². The molecule has 2 heteroatoms. The molecule has 0 aromatic heterocycles. The number of nitrogens with one attached hydrogen (secondary N) is 1. The van der Waals surface area contributed by atoms with Gasteiger partial charge in [0.1, 0.15) is 5.84 Å². The molecular weight excluding hydrogens is 605 g/mol. The molecule has 2 nitrogen and oxygen atoms in total. The third-order valence-corrected chi connectivity index (χ3v) is 9.34. The fourth-order valence-electron chi connectivity index (χ4n) is 7.03. The highest BCUT2D eigenvalue weighted by molar-refractivity contribution is 6.22. The molecule has 1 N–H and O–H groups in total. The maximum atomic E-state index is 4.78. The Kier molecular flexibility index (Phi) is 8.57. The summed E-state index contributed by atoms with van der Waals surface area (Å²) in [6, 6.07) is 65.0. The second-order valence-corrected chi connectivity index (χ2v) is 12.4. The molecule has 8 aromatic rings. The highest BCUT2D eigenvalue weighted by Gasteiger charge is 2.18. The van der Waals surface area contributed by atoms with Gasteiger partial charge in [-0.1, -0.05) is 170 Å². The number of hydrogen-bond donors (Lipinski definition) is 1. The van der Waals surface area contributed by atoms with Gasteiger partial charge in [0.2, 0.25) is 0 Å². The van der Waals surface area contributed by atoms with Crippen LogP contribution in [0.4, 0.5) is 0 Å². The first kappa shape index (κ1) is 30.8. The largest absolute Gasteiger partial charge is 0.373 e. The molecule has 238 valence electrons. The summed E-state index contributed by atoms with van der Waals surface area (Å²) < 4.78 is 0. The van der Waals surface area contributed by atoms with E-state index in [4.69, 9.17) is 4.99 Å². The Morgan fingerprint density at radius 2 is 0.920 bits per heavy atom. The second-order valence-electron chi connectivity index (χ2n) is 12.4. The molecule has 0 fully saturated rings. The lowest BCUT2D eigenvalue weighted by atomic mass is 9.84. The Balaban J connectivity index is 1.37. The minimum Gasteiger partial charge on any atom is -0.373 e. The molecule has 8 rings (SSSR count). The van der Waals surface area contributed by atoms with E-state index in [0.29, 0.717) is 0 Å². The fraction of sp³-hybridized carbons (Fsp3) is 0.0208. The van der Waals surface area contributed by atoms with Crippen molar-refractivity contribution in [1.82, 2.24) is 5.32 Å². The molecule has 0 saturated heterocycles. The molecule has 0 aliphatic rings. The number of amidine groups is 1. The average Bonchev–Trinajstić information content (AvgIpc) is 3.19. The molecule has 50 heavy (non-hydrogen) atoms. The van der Waals surface area contributed by atoms with Gasteiger partial charge in [0.05, 0.1) is 0 Å². The molecule has 0 heterocycles. The van der Waals surface area contributed by atoms with E-state index in [0.717, 1.165) is 17.0 Å². The first-order valence-electron chi connectivity index (χ1n) is 17.0. The van der Waals surface area contributed by atoms with Gasteiger partial charge in [-0.25, -0.2) is 4.99 Å². The van der Waals surface area contributed by atoms with Gasteiger partial charge in [-0.05, 0) is 89.8 Å². The van der Waals surface area contributed by atoms with Crippen molar-refractivity contribution >= 4 is 33.5 Å². The van der Waals surface area contributed by atoms with Crippen molar-refractivity contribution in [3.05, 3.63) is 199 Å². The smallest absolute Gasteiger partial charge is 0.132 e. The number of rotatable bonds is 7. The Morgan fingerprint density at radius 1 is 0.440 bits per heavy atom. The van der Waals surface area contributed by atoms with Gasteiger partial charge >= 0.3 is 0 Å². The van der Waals surface area contributed by atoms with Gasteiger partial charge in [-0.15, -0.1) is 0 Å².